The predicted molar refractivity (Wildman–Crippen MR) is 88.8 cm³/mol. The summed E-state index contributed by atoms with van der Waals surface area (Å²) < 4.78 is 0. The molecule has 1 N–H and O–H groups in total. The zero-order valence-electron chi connectivity index (χ0n) is 13.5. The number of amides is 1. The van der Waals surface area contributed by atoms with E-state index in [4.69, 9.17) is 5.11 Å². The first kappa shape index (κ1) is 16.4. The average molecular weight is 336 g/mol. The SMILES string of the molecule is CC1CCCC(C(=O)N2CCC(c3ncc(C(=O)O)s3)CC2)C1. The largest absolute Gasteiger partial charge is 0.477 e. The zero-order chi connectivity index (χ0) is 16.4. The number of piperidine rings is 1. The van der Waals surface area contributed by atoms with Gasteiger partial charge in [-0.2, -0.15) is 0 Å². The number of carboxylic acids is 1. The van der Waals surface area contributed by atoms with Crippen LogP contribution in [0.5, 0.6) is 0 Å². The van der Waals surface area contributed by atoms with Crippen molar-refractivity contribution in [3.05, 3.63) is 16.1 Å². The summed E-state index contributed by atoms with van der Waals surface area (Å²) in [5, 5.41) is 9.90. The number of thiazole rings is 1. The Balaban J connectivity index is 1.55. The van der Waals surface area contributed by atoms with E-state index in [-0.39, 0.29) is 5.92 Å². The quantitative estimate of drug-likeness (QED) is 0.918. The number of rotatable bonds is 3. The lowest BCUT2D eigenvalue weighted by molar-refractivity contribution is -0.138. The predicted octanol–water partition coefficient (Wildman–Crippen LogP) is 3.37. The van der Waals surface area contributed by atoms with Gasteiger partial charge in [0.2, 0.25) is 5.91 Å². The molecule has 0 aromatic carbocycles. The van der Waals surface area contributed by atoms with E-state index in [1.807, 2.05) is 4.90 Å². The number of carboxylic acid groups (broad SMARTS) is 1. The summed E-state index contributed by atoms with van der Waals surface area (Å²) in [7, 11) is 0. The van der Waals surface area contributed by atoms with Crippen molar-refractivity contribution in [3.8, 4) is 0 Å². The summed E-state index contributed by atoms with van der Waals surface area (Å²) in [6, 6.07) is 0. The third kappa shape index (κ3) is 3.74. The van der Waals surface area contributed by atoms with Gasteiger partial charge in [0.1, 0.15) is 4.88 Å². The smallest absolute Gasteiger partial charge is 0.347 e. The van der Waals surface area contributed by atoms with Crippen LogP contribution in [0.2, 0.25) is 0 Å². The van der Waals surface area contributed by atoms with E-state index in [0.29, 0.717) is 22.6 Å². The van der Waals surface area contributed by atoms with Crippen LogP contribution in [0.15, 0.2) is 6.20 Å². The maximum Gasteiger partial charge on any atom is 0.347 e. The van der Waals surface area contributed by atoms with Crippen LogP contribution in [-0.4, -0.2) is 40.0 Å². The molecule has 2 heterocycles. The van der Waals surface area contributed by atoms with Gasteiger partial charge in [0.25, 0.3) is 0 Å². The summed E-state index contributed by atoms with van der Waals surface area (Å²) >= 11 is 1.27. The molecule has 0 radical (unpaired) electrons. The Bertz CT molecular complexity index is 578. The zero-order valence-corrected chi connectivity index (χ0v) is 14.3. The summed E-state index contributed by atoms with van der Waals surface area (Å²) in [5.41, 5.74) is 0. The van der Waals surface area contributed by atoms with E-state index in [2.05, 4.69) is 11.9 Å². The Hall–Kier alpha value is -1.43. The molecule has 1 saturated heterocycles. The fourth-order valence-corrected chi connectivity index (χ4v) is 4.76. The Labute approximate surface area is 140 Å². The van der Waals surface area contributed by atoms with E-state index in [1.165, 1.54) is 30.4 Å². The monoisotopic (exact) mass is 336 g/mol. The second-order valence-electron chi connectivity index (χ2n) is 6.94. The number of carbonyl (C=O) groups excluding carboxylic acids is 1. The molecule has 23 heavy (non-hydrogen) atoms. The molecule has 5 nitrogen and oxygen atoms in total. The normalized spacial score (nSPS) is 26.2. The van der Waals surface area contributed by atoms with E-state index in [1.54, 1.807) is 0 Å². The topological polar surface area (TPSA) is 70.5 Å². The molecule has 6 heteroatoms. The minimum Gasteiger partial charge on any atom is -0.477 e. The number of nitrogens with zero attached hydrogens (tertiary/aromatic N) is 2. The van der Waals surface area contributed by atoms with Crippen LogP contribution in [0.3, 0.4) is 0 Å². The number of hydrogen-bond acceptors (Lipinski definition) is 4. The molecule has 126 valence electrons. The first-order valence-electron chi connectivity index (χ1n) is 8.52. The van der Waals surface area contributed by atoms with Crippen molar-refractivity contribution >= 4 is 23.2 Å². The number of aromatic nitrogens is 1. The summed E-state index contributed by atoms with van der Waals surface area (Å²) in [6.07, 6.45) is 7.72. The van der Waals surface area contributed by atoms with Gasteiger partial charge < -0.3 is 10.0 Å². The highest BCUT2D eigenvalue weighted by molar-refractivity contribution is 7.13. The van der Waals surface area contributed by atoms with Crippen LogP contribution in [0.25, 0.3) is 0 Å². The molecule has 1 aliphatic heterocycles. The van der Waals surface area contributed by atoms with Crippen molar-refractivity contribution in [2.45, 2.75) is 51.4 Å². The van der Waals surface area contributed by atoms with Crippen LogP contribution >= 0.6 is 11.3 Å². The molecule has 1 aliphatic carbocycles. The molecule has 1 aromatic heterocycles. The van der Waals surface area contributed by atoms with Gasteiger partial charge in [0.15, 0.2) is 0 Å². The summed E-state index contributed by atoms with van der Waals surface area (Å²) in [5.74, 6) is 0.601. The molecule has 3 rings (SSSR count). The standard InChI is InChI=1S/C17H24N2O3S/c1-11-3-2-4-13(9-11)16(20)19-7-5-12(6-8-19)15-18-10-14(23-15)17(21)22/h10-13H,2-9H2,1H3,(H,21,22). The van der Waals surface area contributed by atoms with Gasteiger partial charge in [0.05, 0.1) is 11.2 Å². The fourth-order valence-electron chi connectivity index (χ4n) is 3.84. The van der Waals surface area contributed by atoms with Crippen LogP contribution < -0.4 is 0 Å². The summed E-state index contributed by atoms with van der Waals surface area (Å²) in [6.45, 7) is 3.79. The van der Waals surface area contributed by atoms with Gasteiger partial charge in [-0.25, -0.2) is 9.78 Å². The Morgan fingerprint density at radius 2 is 2.00 bits per heavy atom. The van der Waals surface area contributed by atoms with Crippen LogP contribution in [0, 0.1) is 11.8 Å². The fraction of sp³-hybridized carbons (Fsp3) is 0.706. The maximum absolute atomic E-state index is 12.7. The van der Waals surface area contributed by atoms with Gasteiger partial charge in [0, 0.05) is 24.9 Å². The highest BCUT2D eigenvalue weighted by Crippen LogP contribution is 2.34. The van der Waals surface area contributed by atoms with E-state index in [0.717, 1.165) is 43.8 Å². The Morgan fingerprint density at radius 1 is 1.26 bits per heavy atom. The number of hydrogen-bond donors (Lipinski definition) is 1. The average Bonchev–Trinajstić information content (AvgIpc) is 3.04. The van der Waals surface area contributed by atoms with Crippen molar-refractivity contribution < 1.29 is 14.7 Å². The van der Waals surface area contributed by atoms with Gasteiger partial charge in [-0.3, -0.25) is 4.79 Å². The minimum atomic E-state index is -0.909. The first-order valence-corrected chi connectivity index (χ1v) is 9.34. The summed E-state index contributed by atoms with van der Waals surface area (Å²) in [4.78, 5) is 30.2. The van der Waals surface area contributed by atoms with Crippen molar-refractivity contribution in [1.29, 1.82) is 0 Å². The number of likely N-dealkylation sites (tertiary alicyclic amines) is 1. The second-order valence-corrected chi connectivity index (χ2v) is 8.00. The van der Waals surface area contributed by atoms with E-state index in [9.17, 15) is 9.59 Å². The Kier molecular flexibility index (Phi) is 4.99. The van der Waals surface area contributed by atoms with Gasteiger partial charge >= 0.3 is 5.97 Å². The second kappa shape index (κ2) is 6.99. The van der Waals surface area contributed by atoms with Gasteiger partial charge in [-0.15, -0.1) is 11.3 Å². The molecule has 1 amide bonds. The highest BCUT2D eigenvalue weighted by atomic mass is 32.1. The van der Waals surface area contributed by atoms with Crippen molar-refractivity contribution in [2.75, 3.05) is 13.1 Å². The van der Waals surface area contributed by atoms with E-state index < -0.39 is 5.97 Å². The van der Waals surface area contributed by atoms with Gasteiger partial charge in [-0.1, -0.05) is 19.8 Å². The molecule has 1 saturated carbocycles. The lowest BCUT2D eigenvalue weighted by Crippen LogP contribution is -2.42. The molecule has 0 spiro atoms. The molecule has 2 fully saturated rings. The third-order valence-electron chi connectivity index (χ3n) is 5.18. The minimum absolute atomic E-state index is 0.216. The van der Waals surface area contributed by atoms with E-state index >= 15 is 0 Å². The van der Waals surface area contributed by atoms with Crippen molar-refractivity contribution in [2.24, 2.45) is 11.8 Å². The Morgan fingerprint density at radius 3 is 2.61 bits per heavy atom. The lowest BCUT2D eigenvalue weighted by Gasteiger charge is -2.35. The van der Waals surface area contributed by atoms with Crippen molar-refractivity contribution in [1.82, 2.24) is 9.88 Å². The molecular weight excluding hydrogens is 312 g/mol. The lowest BCUT2D eigenvalue weighted by atomic mass is 9.81. The molecule has 2 atom stereocenters. The first-order chi connectivity index (χ1) is 11.0. The molecule has 1 aromatic rings. The molecule has 0 bridgehead atoms. The molecule has 2 aliphatic rings. The number of aromatic carboxylic acids is 1. The van der Waals surface area contributed by atoms with Crippen LogP contribution in [0.1, 0.15) is 66.0 Å². The highest BCUT2D eigenvalue weighted by Gasteiger charge is 2.32. The van der Waals surface area contributed by atoms with Crippen LogP contribution in [0.4, 0.5) is 0 Å². The van der Waals surface area contributed by atoms with Crippen molar-refractivity contribution in [3.63, 3.8) is 0 Å². The third-order valence-corrected chi connectivity index (χ3v) is 6.32. The molecular formula is C17H24N2O3S. The van der Waals surface area contributed by atoms with Crippen LogP contribution in [-0.2, 0) is 4.79 Å². The molecule has 2 unspecified atom stereocenters. The number of carbonyl (C=O) groups is 2. The maximum atomic E-state index is 12.7. The van der Waals surface area contributed by atoms with Gasteiger partial charge in [-0.05, 0) is 31.6 Å².